The molecular weight excluding hydrogens is 378 g/mol. The number of piperidine rings is 1. The first-order chi connectivity index (χ1) is 14.4. The molecule has 5 heteroatoms. The van der Waals surface area contributed by atoms with Crippen LogP contribution in [-0.2, 0) is 25.5 Å². The topological polar surface area (TPSA) is 55.8 Å². The van der Waals surface area contributed by atoms with Gasteiger partial charge in [0, 0.05) is 25.6 Å². The Morgan fingerprint density at radius 3 is 2.50 bits per heavy atom. The van der Waals surface area contributed by atoms with Gasteiger partial charge in [0.25, 0.3) is 0 Å². The van der Waals surface area contributed by atoms with Crippen molar-refractivity contribution in [3.63, 3.8) is 0 Å². The van der Waals surface area contributed by atoms with Crippen LogP contribution in [0.15, 0.2) is 30.3 Å². The number of nitrogens with zero attached hydrogens (tertiary/aromatic N) is 1. The van der Waals surface area contributed by atoms with E-state index in [1.165, 1.54) is 5.56 Å². The molecule has 0 N–H and O–H groups in total. The Balaban J connectivity index is 1.59. The highest BCUT2D eigenvalue weighted by Crippen LogP contribution is 2.39. The van der Waals surface area contributed by atoms with Gasteiger partial charge in [-0.25, -0.2) is 0 Å². The fraction of sp³-hybridized carbons (Fsp3) is 0.680. The summed E-state index contributed by atoms with van der Waals surface area (Å²) in [5.41, 5.74) is 0.600. The number of carbonyl (C=O) groups is 2. The van der Waals surface area contributed by atoms with Crippen LogP contribution in [0.5, 0.6) is 0 Å². The Labute approximate surface area is 181 Å². The molecule has 0 radical (unpaired) electrons. The highest BCUT2D eigenvalue weighted by molar-refractivity contribution is 5.81. The molecule has 166 valence electrons. The maximum Gasteiger partial charge on any atom is 0.312 e. The van der Waals surface area contributed by atoms with E-state index in [1.54, 1.807) is 0 Å². The molecule has 1 aromatic carbocycles. The number of carbonyl (C=O) groups excluding carboxylic acids is 2. The van der Waals surface area contributed by atoms with Crippen LogP contribution in [-0.4, -0.2) is 48.7 Å². The van der Waals surface area contributed by atoms with Crippen molar-refractivity contribution in [1.82, 2.24) is 4.90 Å². The molecule has 0 aliphatic carbocycles. The minimum Gasteiger partial charge on any atom is -0.466 e. The third-order valence-electron chi connectivity index (χ3n) is 6.75. The molecule has 30 heavy (non-hydrogen) atoms. The van der Waals surface area contributed by atoms with Crippen LogP contribution in [0.4, 0.5) is 0 Å². The zero-order chi connectivity index (χ0) is 21.6. The molecular formula is C25H37NO4. The number of rotatable bonds is 7. The van der Waals surface area contributed by atoms with Crippen LogP contribution in [0.25, 0.3) is 0 Å². The average molecular weight is 416 g/mol. The number of hydrogen-bond donors (Lipinski definition) is 0. The fourth-order valence-corrected chi connectivity index (χ4v) is 4.97. The predicted molar refractivity (Wildman–Crippen MR) is 117 cm³/mol. The van der Waals surface area contributed by atoms with E-state index in [9.17, 15) is 9.59 Å². The lowest BCUT2D eigenvalue weighted by molar-refractivity contribution is -0.162. The molecule has 0 spiro atoms. The van der Waals surface area contributed by atoms with Crippen LogP contribution in [0.2, 0.25) is 0 Å². The van der Waals surface area contributed by atoms with Crippen LogP contribution in [0, 0.1) is 11.3 Å². The van der Waals surface area contributed by atoms with Crippen molar-refractivity contribution in [2.24, 2.45) is 11.3 Å². The molecule has 0 bridgehead atoms. The standard InChI is InChI=1S/C25H37NO4/c1-4-29-23(28)25(13-8-11-20-9-6-5-7-10-20)14-16-26(17-15-25)22(27)21-12-18-30-24(2,3)19-21/h5-7,9-10,21H,4,8,11-19H2,1-3H3/t21-/m1/s1. The van der Waals surface area contributed by atoms with Crippen molar-refractivity contribution in [3.8, 4) is 0 Å². The molecule has 0 aromatic heterocycles. The minimum absolute atomic E-state index is 0.0296. The number of hydrogen-bond acceptors (Lipinski definition) is 4. The molecule has 1 aromatic rings. The summed E-state index contributed by atoms with van der Waals surface area (Å²) in [7, 11) is 0. The number of aryl methyl sites for hydroxylation is 1. The molecule has 3 rings (SSSR count). The first-order valence-electron chi connectivity index (χ1n) is 11.5. The van der Waals surface area contributed by atoms with Gasteiger partial charge in [0.05, 0.1) is 17.6 Å². The number of amides is 1. The van der Waals surface area contributed by atoms with Crippen molar-refractivity contribution < 1.29 is 19.1 Å². The number of ether oxygens (including phenoxy) is 2. The summed E-state index contributed by atoms with van der Waals surface area (Å²) in [5, 5.41) is 0. The Bertz CT molecular complexity index is 707. The van der Waals surface area contributed by atoms with Crippen molar-refractivity contribution in [1.29, 1.82) is 0 Å². The first-order valence-corrected chi connectivity index (χ1v) is 11.5. The number of benzene rings is 1. The van der Waals surface area contributed by atoms with Crippen molar-refractivity contribution in [3.05, 3.63) is 35.9 Å². The summed E-state index contributed by atoms with van der Waals surface area (Å²) in [5.74, 6) is 0.174. The van der Waals surface area contributed by atoms with E-state index in [-0.39, 0.29) is 23.4 Å². The quantitative estimate of drug-likeness (QED) is 0.620. The van der Waals surface area contributed by atoms with Crippen molar-refractivity contribution >= 4 is 11.9 Å². The SMILES string of the molecule is CCOC(=O)C1(CCCc2ccccc2)CCN(C(=O)[C@@H]2CCOC(C)(C)C2)CC1. The second kappa shape index (κ2) is 9.95. The molecule has 2 fully saturated rings. The maximum absolute atomic E-state index is 13.1. The summed E-state index contributed by atoms with van der Waals surface area (Å²) in [6.45, 7) is 8.30. The van der Waals surface area contributed by atoms with Crippen molar-refractivity contribution in [2.75, 3.05) is 26.3 Å². The van der Waals surface area contributed by atoms with Crippen LogP contribution >= 0.6 is 0 Å². The van der Waals surface area contributed by atoms with E-state index >= 15 is 0 Å². The van der Waals surface area contributed by atoms with E-state index in [2.05, 4.69) is 38.1 Å². The summed E-state index contributed by atoms with van der Waals surface area (Å²) in [6.07, 6.45) is 5.67. The third kappa shape index (κ3) is 5.63. The molecule has 1 atom stereocenters. The molecule has 0 unspecified atom stereocenters. The summed E-state index contributed by atoms with van der Waals surface area (Å²) >= 11 is 0. The highest BCUT2D eigenvalue weighted by Gasteiger charge is 2.44. The zero-order valence-electron chi connectivity index (χ0n) is 18.8. The molecule has 2 aliphatic rings. The molecule has 0 saturated carbocycles. The molecule has 2 aliphatic heterocycles. The monoisotopic (exact) mass is 415 g/mol. The Morgan fingerprint density at radius 1 is 1.17 bits per heavy atom. The Hall–Kier alpha value is -1.88. The van der Waals surface area contributed by atoms with Gasteiger partial charge in [0.2, 0.25) is 5.91 Å². The van der Waals surface area contributed by atoms with Gasteiger partial charge in [0.15, 0.2) is 0 Å². The summed E-state index contributed by atoms with van der Waals surface area (Å²) in [4.78, 5) is 28.0. The first kappa shape index (κ1) is 22.8. The van der Waals surface area contributed by atoms with Crippen molar-refractivity contribution in [2.45, 2.75) is 71.3 Å². The minimum atomic E-state index is -0.462. The molecule has 2 heterocycles. The number of esters is 1. The summed E-state index contributed by atoms with van der Waals surface area (Å²) in [6, 6.07) is 10.4. The van der Waals surface area contributed by atoms with Gasteiger partial charge in [-0.05, 0) is 71.3 Å². The van der Waals surface area contributed by atoms with Gasteiger partial charge in [-0.2, -0.15) is 0 Å². The van der Waals surface area contributed by atoms with Gasteiger partial charge in [-0.15, -0.1) is 0 Å². The van der Waals surface area contributed by atoms with E-state index < -0.39 is 5.41 Å². The van der Waals surface area contributed by atoms with E-state index in [1.807, 2.05) is 17.9 Å². The maximum atomic E-state index is 13.1. The Kier molecular flexibility index (Phi) is 7.56. The van der Waals surface area contributed by atoms with E-state index in [0.29, 0.717) is 39.1 Å². The molecule has 1 amide bonds. The molecule has 5 nitrogen and oxygen atoms in total. The van der Waals surface area contributed by atoms with E-state index in [4.69, 9.17) is 9.47 Å². The lowest BCUT2D eigenvalue weighted by Crippen LogP contribution is -2.50. The Morgan fingerprint density at radius 2 is 1.87 bits per heavy atom. The van der Waals surface area contributed by atoms with Gasteiger partial charge < -0.3 is 14.4 Å². The summed E-state index contributed by atoms with van der Waals surface area (Å²) < 4.78 is 11.2. The second-order valence-electron chi connectivity index (χ2n) is 9.46. The normalized spacial score (nSPS) is 23.0. The third-order valence-corrected chi connectivity index (χ3v) is 6.75. The van der Waals surface area contributed by atoms with Crippen LogP contribution < -0.4 is 0 Å². The van der Waals surface area contributed by atoms with E-state index in [0.717, 1.165) is 32.1 Å². The number of likely N-dealkylation sites (tertiary alicyclic amines) is 1. The average Bonchev–Trinajstić information content (AvgIpc) is 2.74. The van der Waals surface area contributed by atoms with Gasteiger partial charge in [-0.1, -0.05) is 30.3 Å². The molecule has 2 saturated heterocycles. The van der Waals surface area contributed by atoms with Gasteiger partial charge in [0.1, 0.15) is 0 Å². The van der Waals surface area contributed by atoms with Gasteiger partial charge >= 0.3 is 5.97 Å². The lowest BCUT2D eigenvalue weighted by Gasteiger charge is -2.42. The van der Waals surface area contributed by atoms with Crippen LogP contribution in [0.1, 0.15) is 64.9 Å². The zero-order valence-corrected chi connectivity index (χ0v) is 18.8. The fourth-order valence-electron chi connectivity index (χ4n) is 4.97. The smallest absolute Gasteiger partial charge is 0.312 e. The van der Waals surface area contributed by atoms with Gasteiger partial charge in [-0.3, -0.25) is 9.59 Å². The lowest BCUT2D eigenvalue weighted by atomic mass is 9.74. The second-order valence-corrected chi connectivity index (χ2v) is 9.46. The predicted octanol–water partition coefficient (Wildman–Crippen LogP) is 4.39. The highest BCUT2D eigenvalue weighted by atomic mass is 16.5. The van der Waals surface area contributed by atoms with Crippen LogP contribution in [0.3, 0.4) is 0 Å². The largest absolute Gasteiger partial charge is 0.466 e.